The van der Waals surface area contributed by atoms with Crippen LogP contribution in [0.25, 0.3) is 16.5 Å². The highest BCUT2D eigenvalue weighted by Crippen LogP contribution is 2.35. The summed E-state index contributed by atoms with van der Waals surface area (Å²) in [6, 6.07) is 9.68. The summed E-state index contributed by atoms with van der Waals surface area (Å²) in [4.78, 5) is 33.2. The van der Waals surface area contributed by atoms with Crippen LogP contribution in [0.1, 0.15) is 44.9 Å². The van der Waals surface area contributed by atoms with Crippen LogP contribution in [-0.2, 0) is 6.18 Å². The number of alkyl halides is 3. The lowest BCUT2D eigenvalue weighted by Gasteiger charge is -2.14. The van der Waals surface area contributed by atoms with Gasteiger partial charge in [0.15, 0.2) is 5.69 Å². The smallest absolute Gasteiger partial charge is 0.351 e. The van der Waals surface area contributed by atoms with Gasteiger partial charge in [-0.2, -0.15) is 23.5 Å². The zero-order chi connectivity index (χ0) is 27.3. The predicted molar refractivity (Wildman–Crippen MR) is 131 cm³/mol. The summed E-state index contributed by atoms with van der Waals surface area (Å²) < 4.78 is 43.1. The molecular formula is C25H21F3N8O2. The number of nitriles is 1. The first-order valence-electron chi connectivity index (χ1n) is 11.4. The van der Waals surface area contributed by atoms with E-state index in [1.165, 1.54) is 12.4 Å². The fourth-order valence-corrected chi connectivity index (χ4v) is 3.79. The first-order chi connectivity index (χ1) is 18.2. The number of carbonyl (C=O) groups is 2. The van der Waals surface area contributed by atoms with Gasteiger partial charge >= 0.3 is 6.18 Å². The van der Waals surface area contributed by atoms with E-state index in [1.807, 2.05) is 6.07 Å². The lowest BCUT2D eigenvalue weighted by molar-refractivity contribution is -0.143. The van der Waals surface area contributed by atoms with E-state index in [9.17, 15) is 28.0 Å². The van der Waals surface area contributed by atoms with E-state index in [1.54, 1.807) is 24.3 Å². The van der Waals surface area contributed by atoms with E-state index >= 15 is 0 Å². The normalized spacial score (nSPS) is 11.2. The number of hydrogen-bond acceptors (Lipinski definition) is 7. The van der Waals surface area contributed by atoms with Crippen molar-refractivity contribution in [3.63, 3.8) is 0 Å². The molecule has 3 heterocycles. The molecule has 0 spiro atoms. The quantitative estimate of drug-likeness (QED) is 0.300. The molecule has 10 nitrogen and oxygen atoms in total. The van der Waals surface area contributed by atoms with Crippen molar-refractivity contribution in [2.24, 2.45) is 5.73 Å². The molecule has 1 aromatic carbocycles. The molecule has 194 valence electrons. The van der Waals surface area contributed by atoms with Crippen LogP contribution < -0.4 is 16.4 Å². The number of pyridine rings is 2. The summed E-state index contributed by atoms with van der Waals surface area (Å²) >= 11 is 0. The summed E-state index contributed by atoms with van der Waals surface area (Å²) in [5.41, 5.74) is 3.01. The summed E-state index contributed by atoms with van der Waals surface area (Å²) in [5.74, 6) is -1.72. The van der Waals surface area contributed by atoms with Gasteiger partial charge in [0.05, 0.1) is 41.1 Å². The maximum absolute atomic E-state index is 14.2. The Kier molecular flexibility index (Phi) is 7.63. The van der Waals surface area contributed by atoms with Crippen molar-refractivity contribution in [3.05, 3.63) is 77.6 Å². The monoisotopic (exact) mass is 522 g/mol. The van der Waals surface area contributed by atoms with Crippen molar-refractivity contribution in [2.45, 2.75) is 19.0 Å². The van der Waals surface area contributed by atoms with Gasteiger partial charge in [-0.05, 0) is 25.5 Å². The maximum atomic E-state index is 14.2. The fourth-order valence-electron chi connectivity index (χ4n) is 3.79. The third-order valence-corrected chi connectivity index (χ3v) is 5.56. The molecule has 0 saturated carbocycles. The van der Waals surface area contributed by atoms with Gasteiger partial charge < -0.3 is 16.4 Å². The number of aromatic nitrogens is 4. The highest BCUT2D eigenvalue weighted by atomic mass is 19.4. The van der Waals surface area contributed by atoms with E-state index in [0.29, 0.717) is 41.4 Å². The molecule has 2 amide bonds. The van der Waals surface area contributed by atoms with E-state index in [4.69, 9.17) is 5.73 Å². The van der Waals surface area contributed by atoms with Crippen LogP contribution in [0.4, 0.5) is 18.9 Å². The standard InChI is InChI=1S/C25H21F3N8O2/c26-25(27,28)22-19(13-34-36(22)20-14-31-11-15-5-1-2-6-18(15)20)23(37)35-17-9-16(10-30)21(33-12-17)24(38)32-8-4-3-7-29/h1-2,5-6,9,11-14H,3-4,7-8,29H2,(H,32,38)(H,35,37). The molecule has 0 aliphatic carbocycles. The van der Waals surface area contributed by atoms with Crippen LogP contribution in [0.2, 0.25) is 0 Å². The van der Waals surface area contributed by atoms with Gasteiger partial charge in [-0.25, -0.2) is 9.67 Å². The lowest BCUT2D eigenvalue weighted by atomic mass is 10.1. The van der Waals surface area contributed by atoms with Crippen LogP contribution in [0.3, 0.4) is 0 Å². The van der Waals surface area contributed by atoms with E-state index < -0.39 is 29.2 Å². The van der Waals surface area contributed by atoms with Gasteiger partial charge in [-0.3, -0.25) is 14.6 Å². The number of halogens is 3. The number of unbranched alkanes of at least 4 members (excludes halogenated alkanes) is 1. The predicted octanol–water partition coefficient (Wildman–Crippen LogP) is 3.43. The molecule has 13 heteroatoms. The first kappa shape index (κ1) is 26.2. The summed E-state index contributed by atoms with van der Waals surface area (Å²) in [5, 5.41) is 19.3. The summed E-state index contributed by atoms with van der Waals surface area (Å²) in [6.07, 6.45) is 1.03. The number of anilines is 1. The number of amides is 2. The second-order valence-electron chi connectivity index (χ2n) is 8.13. The molecular weight excluding hydrogens is 501 g/mol. The number of benzene rings is 1. The Morgan fingerprint density at radius 1 is 1.08 bits per heavy atom. The summed E-state index contributed by atoms with van der Waals surface area (Å²) in [7, 11) is 0. The number of rotatable bonds is 8. The average molecular weight is 522 g/mol. The Hall–Kier alpha value is -4.83. The number of hydrogen-bond donors (Lipinski definition) is 3. The first-order valence-corrected chi connectivity index (χ1v) is 11.4. The van der Waals surface area contributed by atoms with Crippen molar-refractivity contribution in [1.29, 1.82) is 5.26 Å². The number of fused-ring (bicyclic) bond motifs is 1. The number of nitrogens with zero attached hydrogens (tertiary/aromatic N) is 5. The van der Waals surface area contributed by atoms with Gasteiger partial charge in [0.1, 0.15) is 11.8 Å². The largest absolute Gasteiger partial charge is 0.434 e. The van der Waals surface area contributed by atoms with Crippen molar-refractivity contribution in [2.75, 3.05) is 18.4 Å². The second kappa shape index (κ2) is 11.1. The molecule has 0 unspecified atom stereocenters. The highest BCUT2D eigenvalue weighted by Gasteiger charge is 2.41. The Morgan fingerprint density at radius 3 is 2.61 bits per heavy atom. The zero-order valence-corrected chi connectivity index (χ0v) is 19.8. The highest BCUT2D eigenvalue weighted by molar-refractivity contribution is 6.05. The maximum Gasteiger partial charge on any atom is 0.434 e. The molecule has 0 fully saturated rings. The van der Waals surface area contributed by atoms with Gasteiger partial charge in [0, 0.05) is 23.5 Å². The van der Waals surface area contributed by atoms with Crippen molar-refractivity contribution < 1.29 is 22.8 Å². The minimum absolute atomic E-state index is 0.0461. The van der Waals surface area contributed by atoms with Crippen molar-refractivity contribution in [3.8, 4) is 11.8 Å². The molecule has 0 atom stereocenters. The van der Waals surface area contributed by atoms with Crippen LogP contribution >= 0.6 is 0 Å². The molecule has 4 N–H and O–H groups in total. The number of nitrogens with one attached hydrogen (secondary N) is 2. The summed E-state index contributed by atoms with van der Waals surface area (Å²) in [6.45, 7) is 0.803. The van der Waals surface area contributed by atoms with Crippen LogP contribution in [0.5, 0.6) is 0 Å². The second-order valence-corrected chi connectivity index (χ2v) is 8.13. The topological polar surface area (TPSA) is 152 Å². The Morgan fingerprint density at radius 2 is 1.87 bits per heavy atom. The van der Waals surface area contributed by atoms with E-state index in [2.05, 4.69) is 25.7 Å². The van der Waals surface area contributed by atoms with Gasteiger partial charge in [0.25, 0.3) is 11.8 Å². The third-order valence-electron chi connectivity index (χ3n) is 5.56. The molecule has 0 radical (unpaired) electrons. The van der Waals surface area contributed by atoms with Crippen LogP contribution in [0, 0.1) is 11.3 Å². The molecule has 4 aromatic rings. The Labute approximate surface area is 214 Å². The molecule has 0 aliphatic rings. The molecule has 4 rings (SSSR count). The molecule has 3 aromatic heterocycles. The number of nitrogens with two attached hydrogens (primary N) is 1. The number of carbonyl (C=O) groups excluding carboxylic acids is 2. The van der Waals surface area contributed by atoms with E-state index in [0.717, 1.165) is 18.5 Å². The van der Waals surface area contributed by atoms with Crippen LogP contribution in [-0.4, -0.2) is 44.7 Å². The average Bonchev–Trinajstić information content (AvgIpc) is 3.37. The minimum atomic E-state index is -4.94. The Balaban J connectivity index is 1.63. The fraction of sp³-hybridized carbons (Fsp3) is 0.200. The van der Waals surface area contributed by atoms with Gasteiger partial charge in [-0.15, -0.1) is 0 Å². The third kappa shape index (κ3) is 5.45. The van der Waals surface area contributed by atoms with Crippen molar-refractivity contribution in [1.82, 2.24) is 25.1 Å². The van der Waals surface area contributed by atoms with Crippen molar-refractivity contribution >= 4 is 28.3 Å². The van der Waals surface area contributed by atoms with Gasteiger partial charge in [-0.1, -0.05) is 24.3 Å². The van der Waals surface area contributed by atoms with Gasteiger partial charge in [0.2, 0.25) is 0 Å². The Bertz CT molecular complexity index is 1540. The molecule has 0 aliphatic heterocycles. The van der Waals surface area contributed by atoms with Crippen LogP contribution in [0.15, 0.2) is 55.1 Å². The zero-order valence-electron chi connectivity index (χ0n) is 19.8. The van der Waals surface area contributed by atoms with E-state index in [-0.39, 0.29) is 22.6 Å². The lowest BCUT2D eigenvalue weighted by Crippen LogP contribution is -2.27. The minimum Gasteiger partial charge on any atom is -0.351 e. The molecule has 0 bridgehead atoms. The molecule has 0 saturated heterocycles. The SMILES string of the molecule is N#Cc1cc(NC(=O)c2cnn(-c3cncc4ccccc34)c2C(F)(F)F)cnc1C(=O)NCCCCN. The molecule has 38 heavy (non-hydrogen) atoms.